The van der Waals surface area contributed by atoms with Crippen LogP contribution in [0.3, 0.4) is 0 Å². The molecule has 3 aliphatic rings. The summed E-state index contributed by atoms with van der Waals surface area (Å²) in [5, 5.41) is 14.4. The summed E-state index contributed by atoms with van der Waals surface area (Å²) >= 11 is 1.54. The highest BCUT2D eigenvalue weighted by atomic mass is 32.1. The molecule has 0 saturated heterocycles. The summed E-state index contributed by atoms with van der Waals surface area (Å²) in [6.07, 6.45) is 13.7. The number of nitrogens with zero attached hydrogens (tertiary/aromatic N) is 3. The molecule has 2 heterocycles. The molecule has 2 unspecified atom stereocenters. The molecular formula is C25H28N4OS. The minimum absolute atomic E-state index is 0.00241. The molecule has 31 heavy (non-hydrogen) atoms. The molecule has 2 aliphatic carbocycles. The molecule has 0 radical (unpaired) electrons. The first-order valence-electron chi connectivity index (χ1n) is 11.3. The molecule has 5 rings (SSSR count). The van der Waals surface area contributed by atoms with E-state index in [0.29, 0.717) is 12.5 Å². The fourth-order valence-electron chi connectivity index (χ4n) is 4.88. The van der Waals surface area contributed by atoms with E-state index in [9.17, 15) is 4.79 Å². The first-order valence-corrected chi connectivity index (χ1v) is 12.1. The highest BCUT2D eigenvalue weighted by Crippen LogP contribution is 2.43. The number of carbonyl (C=O) groups is 1. The smallest absolute Gasteiger partial charge is 0.261 e. The van der Waals surface area contributed by atoms with Gasteiger partial charge in [-0.25, -0.2) is 0 Å². The third-order valence-electron chi connectivity index (χ3n) is 6.91. The van der Waals surface area contributed by atoms with E-state index in [-0.39, 0.29) is 23.5 Å². The van der Waals surface area contributed by atoms with E-state index >= 15 is 0 Å². The molecule has 1 amide bonds. The lowest BCUT2D eigenvalue weighted by molar-refractivity contribution is 0.0902. The van der Waals surface area contributed by atoms with Gasteiger partial charge in [-0.1, -0.05) is 60.7 Å². The van der Waals surface area contributed by atoms with E-state index in [1.54, 1.807) is 11.3 Å². The summed E-state index contributed by atoms with van der Waals surface area (Å²) in [6, 6.07) is 14.1. The predicted octanol–water partition coefficient (Wildman–Crippen LogP) is 5.31. The van der Waals surface area contributed by atoms with Gasteiger partial charge in [0.25, 0.3) is 5.91 Å². The van der Waals surface area contributed by atoms with E-state index in [4.69, 9.17) is 6.42 Å². The number of carbonyl (C=O) groups excluding carboxylic acids is 1. The third kappa shape index (κ3) is 4.12. The maximum atomic E-state index is 13.2. The molecule has 2 atom stereocenters. The standard InChI is InChI=1S/C25H28N4OS/c1-2-25(15-16-25)29-17-20(27-28-29)23(19-11-7-4-8-12-19)26-24(30)22-14-13-21(31-22)18-9-5-3-6-10-18/h1,3,5-6,9-10,13-14,19-20,23H,4,7-8,11-12,15-17H2,(H,26,30). The third-order valence-corrected chi connectivity index (χ3v) is 8.05. The Morgan fingerprint density at radius 1 is 1.16 bits per heavy atom. The lowest BCUT2D eigenvalue weighted by Gasteiger charge is -2.33. The van der Waals surface area contributed by atoms with Crippen LogP contribution in [0.15, 0.2) is 52.8 Å². The minimum Gasteiger partial charge on any atom is -0.346 e. The number of nitrogens with one attached hydrogen (secondary N) is 1. The monoisotopic (exact) mass is 432 g/mol. The van der Waals surface area contributed by atoms with Crippen LogP contribution in [-0.4, -0.2) is 35.1 Å². The van der Waals surface area contributed by atoms with Gasteiger partial charge in [0.15, 0.2) is 0 Å². The maximum Gasteiger partial charge on any atom is 0.261 e. The van der Waals surface area contributed by atoms with Gasteiger partial charge in [0.05, 0.1) is 17.5 Å². The zero-order chi connectivity index (χ0) is 21.3. The van der Waals surface area contributed by atoms with Crippen molar-refractivity contribution in [2.75, 3.05) is 6.54 Å². The summed E-state index contributed by atoms with van der Waals surface area (Å²) in [5.41, 5.74) is 0.900. The molecule has 5 nitrogen and oxygen atoms in total. The average Bonchev–Trinajstić information content (AvgIpc) is 3.23. The second-order valence-corrected chi connectivity index (χ2v) is 10.0. The lowest BCUT2D eigenvalue weighted by Crippen LogP contribution is -2.50. The summed E-state index contributed by atoms with van der Waals surface area (Å²) in [6.45, 7) is 0.700. The van der Waals surface area contributed by atoms with Gasteiger partial charge in [-0.3, -0.25) is 9.80 Å². The van der Waals surface area contributed by atoms with Crippen LogP contribution >= 0.6 is 11.3 Å². The van der Waals surface area contributed by atoms with Gasteiger partial charge in [0.1, 0.15) is 11.6 Å². The Kier molecular flexibility index (Phi) is 5.54. The average molecular weight is 433 g/mol. The van der Waals surface area contributed by atoms with E-state index in [1.807, 2.05) is 35.3 Å². The molecule has 0 bridgehead atoms. The number of terminal acetylenes is 1. The zero-order valence-electron chi connectivity index (χ0n) is 17.7. The van der Waals surface area contributed by atoms with Gasteiger partial charge in [0, 0.05) is 4.88 Å². The van der Waals surface area contributed by atoms with Crippen molar-refractivity contribution in [1.29, 1.82) is 0 Å². The van der Waals surface area contributed by atoms with Gasteiger partial charge >= 0.3 is 0 Å². The van der Waals surface area contributed by atoms with E-state index in [0.717, 1.165) is 41.0 Å². The first-order chi connectivity index (χ1) is 15.2. The predicted molar refractivity (Wildman–Crippen MR) is 124 cm³/mol. The van der Waals surface area contributed by atoms with Crippen molar-refractivity contribution < 1.29 is 4.79 Å². The van der Waals surface area contributed by atoms with Crippen LogP contribution in [-0.2, 0) is 0 Å². The molecule has 160 valence electrons. The summed E-state index contributed by atoms with van der Waals surface area (Å²) in [4.78, 5) is 15.1. The quantitative estimate of drug-likeness (QED) is 0.629. The van der Waals surface area contributed by atoms with E-state index in [2.05, 4.69) is 33.7 Å². The number of amides is 1. The molecule has 0 spiro atoms. The van der Waals surface area contributed by atoms with Crippen molar-refractivity contribution in [3.63, 3.8) is 0 Å². The highest BCUT2D eigenvalue weighted by Gasteiger charge is 2.50. The number of thiophene rings is 1. The SMILES string of the molecule is C#CC1(N2CC(C(NC(=O)c3ccc(-c4ccccc4)s3)C3CCCCC3)N=N2)CC1. The Bertz CT molecular complexity index is 998. The molecule has 1 aromatic heterocycles. The second kappa shape index (κ2) is 8.47. The minimum atomic E-state index is -0.238. The van der Waals surface area contributed by atoms with Crippen LogP contribution < -0.4 is 5.32 Å². The van der Waals surface area contributed by atoms with Crippen molar-refractivity contribution in [2.24, 2.45) is 16.3 Å². The molecule has 2 aromatic rings. The van der Waals surface area contributed by atoms with Crippen LogP contribution in [0.25, 0.3) is 10.4 Å². The number of hydrogen-bond acceptors (Lipinski definition) is 5. The molecule has 2 saturated carbocycles. The normalized spacial score (nSPS) is 23.3. The van der Waals surface area contributed by atoms with Gasteiger partial charge < -0.3 is 5.32 Å². The molecule has 6 heteroatoms. The number of hydrogen-bond donors (Lipinski definition) is 1. The molecule has 1 N–H and O–H groups in total. The summed E-state index contributed by atoms with van der Waals surface area (Å²) in [5.74, 6) is 3.34. The highest BCUT2D eigenvalue weighted by molar-refractivity contribution is 7.17. The van der Waals surface area contributed by atoms with E-state index < -0.39 is 0 Å². The Hall–Kier alpha value is -2.65. The van der Waals surface area contributed by atoms with Crippen molar-refractivity contribution >= 4 is 17.2 Å². The van der Waals surface area contributed by atoms with E-state index in [1.165, 1.54) is 19.3 Å². The summed E-state index contributed by atoms with van der Waals surface area (Å²) in [7, 11) is 0. The fraction of sp³-hybridized carbons (Fsp3) is 0.480. The summed E-state index contributed by atoms with van der Waals surface area (Å²) < 4.78 is 0. The van der Waals surface area contributed by atoms with Crippen molar-refractivity contribution in [2.45, 2.75) is 62.6 Å². The van der Waals surface area contributed by atoms with Crippen LogP contribution in [0.5, 0.6) is 0 Å². The van der Waals surface area contributed by atoms with Crippen molar-refractivity contribution in [3.8, 4) is 22.8 Å². The Morgan fingerprint density at radius 2 is 1.94 bits per heavy atom. The largest absolute Gasteiger partial charge is 0.346 e. The molecule has 1 aliphatic heterocycles. The topological polar surface area (TPSA) is 57.1 Å². The van der Waals surface area contributed by atoms with Gasteiger partial charge in [-0.15, -0.1) is 17.8 Å². The number of benzene rings is 1. The Labute approximate surface area is 187 Å². The Morgan fingerprint density at radius 3 is 2.65 bits per heavy atom. The van der Waals surface area contributed by atoms with Crippen LogP contribution in [0.1, 0.15) is 54.6 Å². The maximum absolute atomic E-state index is 13.2. The van der Waals surface area contributed by atoms with Crippen LogP contribution in [0.2, 0.25) is 0 Å². The molecule has 1 aromatic carbocycles. The number of rotatable bonds is 6. The van der Waals surface area contributed by atoms with Crippen LogP contribution in [0.4, 0.5) is 0 Å². The van der Waals surface area contributed by atoms with Crippen molar-refractivity contribution in [1.82, 2.24) is 10.3 Å². The second-order valence-electron chi connectivity index (χ2n) is 8.96. The fourth-order valence-corrected chi connectivity index (χ4v) is 5.80. The Balaban J connectivity index is 1.32. The lowest BCUT2D eigenvalue weighted by atomic mass is 9.81. The van der Waals surface area contributed by atoms with Gasteiger partial charge in [0.2, 0.25) is 0 Å². The molecule has 2 fully saturated rings. The van der Waals surface area contributed by atoms with Crippen LogP contribution in [0, 0.1) is 18.3 Å². The zero-order valence-corrected chi connectivity index (χ0v) is 18.5. The molecular weight excluding hydrogens is 404 g/mol. The van der Waals surface area contributed by atoms with Crippen molar-refractivity contribution in [3.05, 3.63) is 47.3 Å². The van der Waals surface area contributed by atoms with Gasteiger partial charge in [-0.2, -0.15) is 5.11 Å². The first kappa shape index (κ1) is 20.3. The van der Waals surface area contributed by atoms with Gasteiger partial charge in [-0.05, 0) is 49.3 Å².